The highest BCUT2D eigenvalue weighted by atomic mass is 19.1. The molecule has 5 heteroatoms. The zero-order chi connectivity index (χ0) is 19.1. The van der Waals surface area contributed by atoms with Crippen LogP contribution in [0.2, 0.25) is 0 Å². The van der Waals surface area contributed by atoms with Crippen molar-refractivity contribution in [1.82, 2.24) is 0 Å². The van der Waals surface area contributed by atoms with Gasteiger partial charge in [0.15, 0.2) is 0 Å². The smallest absolute Gasteiger partial charge is 0.489 e. The molecule has 0 radical (unpaired) electrons. The van der Waals surface area contributed by atoms with Gasteiger partial charge >= 0.3 is 7.12 Å². The summed E-state index contributed by atoms with van der Waals surface area (Å²) in [6.45, 7) is 12.1. The third-order valence-electron chi connectivity index (χ3n) is 5.33. The van der Waals surface area contributed by atoms with Crippen LogP contribution < -0.4 is 10.2 Å². The molecule has 1 fully saturated rings. The molecular formula is C21H26BFO3. The number of hydrogen-bond acceptors (Lipinski definition) is 3. The van der Waals surface area contributed by atoms with Crippen molar-refractivity contribution in [2.45, 2.75) is 59.4 Å². The Morgan fingerprint density at radius 2 is 1.62 bits per heavy atom. The first-order valence-corrected chi connectivity index (χ1v) is 8.93. The molecule has 0 atom stereocenters. The van der Waals surface area contributed by atoms with Gasteiger partial charge in [-0.15, -0.1) is 0 Å². The standard InChI is InChI=1S/C21H26BFO3/c1-14-7-8-15(2)19(11-14)24-13-16-9-10-17(12-18(16)23)22-25-20(3,4)21(5,6)26-22/h7-12H,13H2,1-6H3. The van der Waals surface area contributed by atoms with Crippen molar-refractivity contribution in [3.05, 3.63) is 58.9 Å². The first-order valence-electron chi connectivity index (χ1n) is 8.93. The fraction of sp³-hybridized carbons (Fsp3) is 0.429. The molecule has 0 saturated carbocycles. The van der Waals surface area contributed by atoms with Gasteiger partial charge in [0.05, 0.1) is 11.2 Å². The Morgan fingerprint density at radius 3 is 2.23 bits per heavy atom. The Bertz CT molecular complexity index is 801. The van der Waals surface area contributed by atoms with E-state index in [0.717, 1.165) is 16.9 Å². The second-order valence-electron chi connectivity index (χ2n) is 8.00. The van der Waals surface area contributed by atoms with Gasteiger partial charge in [0, 0.05) is 5.56 Å². The van der Waals surface area contributed by atoms with Crippen LogP contribution in [0.1, 0.15) is 44.4 Å². The summed E-state index contributed by atoms with van der Waals surface area (Å²) in [5, 5.41) is 0. The molecule has 0 aliphatic carbocycles. The van der Waals surface area contributed by atoms with Gasteiger partial charge in [-0.1, -0.05) is 24.3 Å². The Labute approximate surface area is 155 Å². The Hall–Kier alpha value is -1.85. The number of benzene rings is 2. The molecule has 3 rings (SSSR count). The van der Waals surface area contributed by atoms with Crippen LogP contribution in [0.25, 0.3) is 0 Å². The van der Waals surface area contributed by atoms with E-state index >= 15 is 0 Å². The lowest BCUT2D eigenvalue weighted by atomic mass is 9.79. The molecule has 0 aromatic heterocycles. The average molecular weight is 356 g/mol. The molecule has 0 bridgehead atoms. The SMILES string of the molecule is Cc1ccc(C)c(OCc2ccc(B3OC(C)(C)C(C)(C)O3)cc2F)c1. The zero-order valence-corrected chi connectivity index (χ0v) is 16.4. The van der Waals surface area contributed by atoms with Crippen molar-refractivity contribution >= 4 is 12.6 Å². The van der Waals surface area contributed by atoms with Crippen LogP contribution in [0.15, 0.2) is 36.4 Å². The summed E-state index contributed by atoms with van der Waals surface area (Å²) in [5.74, 6) is 0.460. The van der Waals surface area contributed by atoms with Gasteiger partial charge < -0.3 is 14.0 Å². The van der Waals surface area contributed by atoms with Crippen LogP contribution in [0.4, 0.5) is 4.39 Å². The summed E-state index contributed by atoms with van der Waals surface area (Å²) in [7, 11) is -0.566. The van der Waals surface area contributed by atoms with Crippen LogP contribution in [0.3, 0.4) is 0 Å². The van der Waals surface area contributed by atoms with E-state index in [1.807, 2.05) is 65.8 Å². The lowest BCUT2D eigenvalue weighted by molar-refractivity contribution is 0.00578. The van der Waals surface area contributed by atoms with Crippen molar-refractivity contribution in [3.63, 3.8) is 0 Å². The largest absolute Gasteiger partial charge is 0.494 e. The fourth-order valence-electron chi connectivity index (χ4n) is 2.82. The summed E-state index contributed by atoms with van der Waals surface area (Å²) in [4.78, 5) is 0. The van der Waals surface area contributed by atoms with E-state index in [0.29, 0.717) is 11.0 Å². The highest BCUT2D eigenvalue weighted by Crippen LogP contribution is 2.36. The van der Waals surface area contributed by atoms with Crippen LogP contribution in [-0.4, -0.2) is 18.3 Å². The second kappa shape index (κ2) is 6.71. The van der Waals surface area contributed by atoms with Crippen molar-refractivity contribution in [1.29, 1.82) is 0 Å². The van der Waals surface area contributed by atoms with E-state index in [-0.39, 0.29) is 12.4 Å². The second-order valence-corrected chi connectivity index (χ2v) is 8.00. The highest BCUT2D eigenvalue weighted by molar-refractivity contribution is 6.62. The number of rotatable bonds is 4. The Kier molecular flexibility index (Phi) is 4.89. The third kappa shape index (κ3) is 3.65. The van der Waals surface area contributed by atoms with Crippen LogP contribution in [-0.2, 0) is 15.9 Å². The van der Waals surface area contributed by atoms with E-state index < -0.39 is 18.3 Å². The number of hydrogen-bond donors (Lipinski definition) is 0. The lowest BCUT2D eigenvalue weighted by Crippen LogP contribution is -2.41. The predicted molar refractivity (Wildman–Crippen MR) is 102 cm³/mol. The first-order chi connectivity index (χ1) is 12.1. The lowest BCUT2D eigenvalue weighted by Gasteiger charge is -2.32. The highest BCUT2D eigenvalue weighted by Gasteiger charge is 2.51. The monoisotopic (exact) mass is 356 g/mol. The van der Waals surface area contributed by atoms with Crippen LogP contribution >= 0.6 is 0 Å². The van der Waals surface area contributed by atoms with E-state index in [2.05, 4.69) is 0 Å². The van der Waals surface area contributed by atoms with Crippen molar-refractivity contribution in [2.24, 2.45) is 0 Å². The molecule has 0 amide bonds. The Morgan fingerprint density at radius 1 is 0.962 bits per heavy atom. The fourth-order valence-corrected chi connectivity index (χ4v) is 2.82. The van der Waals surface area contributed by atoms with E-state index in [9.17, 15) is 4.39 Å². The molecule has 0 spiro atoms. The van der Waals surface area contributed by atoms with Crippen molar-refractivity contribution in [2.75, 3.05) is 0 Å². The summed E-state index contributed by atoms with van der Waals surface area (Å²) in [6.07, 6.45) is 0. The minimum absolute atomic E-state index is 0.180. The van der Waals surface area contributed by atoms with Gasteiger partial charge in [-0.25, -0.2) is 4.39 Å². The van der Waals surface area contributed by atoms with Gasteiger partial charge in [-0.3, -0.25) is 0 Å². The average Bonchev–Trinajstić information content (AvgIpc) is 2.77. The number of aryl methyl sites for hydroxylation is 2. The molecule has 0 N–H and O–H groups in total. The molecule has 2 aromatic rings. The molecule has 1 saturated heterocycles. The van der Waals surface area contributed by atoms with Gasteiger partial charge in [-0.2, -0.15) is 0 Å². The molecule has 3 nitrogen and oxygen atoms in total. The summed E-state index contributed by atoms with van der Waals surface area (Å²) in [5.41, 5.74) is 2.44. The molecule has 1 heterocycles. The summed E-state index contributed by atoms with van der Waals surface area (Å²) < 4.78 is 32.4. The minimum atomic E-state index is -0.566. The van der Waals surface area contributed by atoms with Gasteiger partial charge in [0.25, 0.3) is 0 Å². The maximum atomic E-state index is 14.6. The molecular weight excluding hydrogens is 330 g/mol. The van der Waals surface area contributed by atoms with Gasteiger partial charge in [0.2, 0.25) is 0 Å². The maximum absolute atomic E-state index is 14.6. The molecule has 0 unspecified atom stereocenters. The van der Waals surface area contributed by atoms with Crippen LogP contribution in [0.5, 0.6) is 5.75 Å². The topological polar surface area (TPSA) is 27.7 Å². The third-order valence-corrected chi connectivity index (χ3v) is 5.33. The zero-order valence-electron chi connectivity index (χ0n) is 16.4. The minimum Gasteiger partial charge on any atom is -0.489 e. The quantitative estimate of drug-likeness (QED) is 0.764. The Balaban J connectivity index is 1.73. The van der Waals surface area contributed by atoms with Gasteiger partial charge in [0.1, 0.15) is 18.2 Å². The molecule has 138 valence electrons. The number of halogens is 1. The van der Waals surface area contributed by atoms with E-state index in [1.54, 1.807) is 6.07 Å². The van der Waals surface area contributed by atoms with Crippen molar-refractivity contribution < 1.29 is 18.4 Å². The normalized spacial score (nSPS) is 18.2. The predicted octanol–water partition coefficient (Wildman–Crippen LogP) is 4.32. The molecule has 1 aliphatic rings. The molecule has 26 heavy (non-hydrogen) atoms. The van der Waals surface area contributed by atoms with Gasteiger partial charge in [-0.05, 0) is 70.3 Å². The maximum Gasteiger partial charge on any atom is 0.494 e. The number of ether oxygens (including phenoxy) is 1. The van der Waals surface area contributed by atoms with E-state index in [1.165, 1.54) is 6.07 Å². The molecule has 2 aromatic carbocycles. The van der Waals surface area contributed by atoms with E-state index in [4.69, 9.17) is 14.0 Å². The summed E-state index contributed by atoms with van der Waals surface area (Å²) >= 11 is 0. The van der Waals surface area contributed by atoms with Crippen LogP contribution in [0, 0.1) is 19.7 Å². The first kappa shape index (κ1) is 18.9. The molecule has 1 aliphatic heterocycles. The van der Waals surface area contributed by atoms with Crippen molar-refractivity contribution in [3.8, 4) is 5.75 Å². The summed E-state index contributed by atoms with van der Waals surface area (Å²) in [6, 6.07) is 11.0.